The number of carbonyl (C=O) groups excluding carboxylic acids is 1. The fourth-order valence-corrected chi connectivity index (χ4v) is 3.86. The second-order valence-corrected chi connectivity index (χ2v) is 7.03. The highest BCUT2D eigenvalue weighted by molar-refractivity contribution is 5.94. The average molecular weight is 358 g/mol. The SMILES string of the molecule is O=C(O)c1cnn(C2CCN(C(=O)c3noc4c3CCCCC4)CC2)c1. The van der Waals surface area contributed by atoms with E-state index >= 15 is 0 Å². The predicted octanol–water partition coefficient (Wildman–Crippen LogP) is 2.32. The molecule has 0 spiro atoms. The molecule has 4 rings (SSSR count). The van der Waals surface area contributed by atoms with E-state index in [1.54, 1.807) is 10.9 Å². The van der Waals surface area contributed by atoms with E-state index in [4.69, 9.17) is 9.63 Å². The van der Waals surface area contributed by atoms with Crippen LogP contribution in [0.4, 0.5) is 0 Å². The molecule has 2 aliphatic rings. The second-order valence-electron chi connectivity index (χ2n) is 7.03. The normalized spacial score (nSPS) is 18.4. The van der Waals surface area contributed by atoms with Crippen molar-refractivity contribution in [2.75, 3.05) is 13.1 Å². The Labute approximate surface area is 150 Å². The number of nitrogens with zero attached hydrogens (tertiary/aromatic N) is 4. The Hall–Kier alpha value is -2.64. The molecule has 0 unspecified atom stereocenters. The molecule has 0 aromatic carbocycles. The number of aromatic carboxylic acids is 1. The number of carbonyl (C=O) groups is 2. The van der Waals surface area contributed by atoms with Crippen LogP contribution in [-0.4, -0.2) is 49.9 Å². The van der Waals surface area contributed by atoms with Crippen LogP contribution in [0, 0.1) is 0 Å². The van der Waals surface area contributed by atoms with Gasteiger partial charge in [-0.25, -0.2) is 4.79 Å². The lowest BCUT2D eigenvalue weighted by molar-refractivity contribution is 0.0677. The molecule has 1 aliphatic heterocycles. The summed E-state index contributed by atoms with van der Waals surface area (Å²) in [5.41, 5.74) is 1.66. The molecule has 1 aliphatic carbocycles. The van der Waals surface area contributed by atoms with Gasteiger partial charge in [-0.2, -0.15) is 5.10 Å². The van der Waals surface area contributed by atoms with Gasteiger partial charge < -0.3 is 14.5 Å². The number of fused-ring (bicyclic) bond motifs is 1. The standard InChI is InChI=1S/C18H22N4O4/c23-17(16-14-4-2-1-3-5-15(14)26-20-16)21-8-6-13(7-9-21)22-11-12(10-19-22)18(24)25/h10-11,13H,1-9H2,(H,24,25). The van der Waals surface area contributed by atoms with Crippen molar-refractivity contribution in [2.45, 2.75) is 51.0 Å². The van der Waals surface area contributed by atoms with E-state index < -0.39 is 5.97 Å². The summed E-state index contributed by atoms with van der Waals surface area (Å²) in [5, 5.41) is 17.2. The van der Waals surface area contributed by atoms with E-state index in [2.05, 4.69) is 10.3 Å². The Kier molecular flexibility index (Phi) is 4.48. The third kappa shape index (κ3) is 3.11. The Morgan fingerprint density at radius 1 is 1.15 bits per heavy atom. The predicted molar refractivity (Wildman–Crippen MR) is 91.1 cm³/mol. The molecule has 0 radical (unpaired) electrons. The van der Waals surface area contributed by atoms with Gasteiger partial charge in [0, 0.05) is 31.3 Å². The molecular formula is C18H22N4O4. The van der Waals surface area contributed by atoms with Gasteiger partial charge in [0.1, 0.15) is 5.76 Å². The maximum atomic E-state index is 12.9. The number of rotatable bonds is 3. The number of likely N-dealkylation sites (tertiary alicyclic amines) is 1. The average Bonchev–Trinajstić information content (AvgIpc) is 3.24. The molecule has 1 fully saturated rings. The third-order valence-corrected chi connectivity index (χ3v) is 5.38. The summed E-state index contributed by atoms with van der Waals surface area (Å²) in [4.78, 5) is 25.7. The van der Waals surface area contributed by atoms with E-state index in [1.807, 2.05) is 4.90 Å². The van der Waals surface area contributed by atoms with Crippen LogP contribution < -0.4 is 0 Å². The highest BCUT2D eigenvalue weighted by atomic mass is 16.5. The minimum Gasteiger partial charge on any atom is -0.478 e. The van der Waals surface area contributed by atoms with Crippen molar-refractivity contribution in [3.8, 4) is 0 Å². The largest absolute Gasteiger partial charge is 0.478 e. The van der Waals surface area contributed by atoms with Gasteiger partial charge in [-0.1, -0.05) is 11.6 Å². The lowest BCUT2D eigenvalue weighted by Crippen LogP contribution is -2.39. The fourth-order valence-electron chi connectivity index (χ4n) is 3.86. The van der Waals surface area contributed by atoms with Gasteiger partial charge in [0.05, 0.1) is 17.8 Å². The van der Waals surface area contributed by atoms with Crippen LogP contribution in [0.3, 0.4) is 0 Å². The Morgan fingerprint density at radius 2 is 1.92 bits per heavy atom. The summed E-state index contributed by atoms with van der Waals surface area (Å²) >= 11 is 0. The molecule has 0 saturated carbocycles. The van der Waals surface area contributed by atoms with Gasteiger partial charge in [-0.15, -0.1) is 0 Å². The Balaban J connectivity index is 1.42. The van der Waals surface area contributed by atoms with Gasteiger partial charge in [0.25, 0.3) is 5.91 Å². The molecule has 1 N–H and O–H groups in total. The van der Waals surface area contributed by atoms with Crippen LogP contribution in [0.5, 0.6) is 0 Å². The zero-order chi connectivity index (χ0) is 18.1. The monoisotopic (exact) mass is 358 g/mol. The molecule has 8 nitrogen and oxygen atoms in total. The topological polar surface area (TPSA) is 101 Å². The number of amides is 1. The van der Waals surface area contributed by atoms with E-state index in [1.165, 1.54) is 6.20 Å². The summed E-state index contributed by atoms with van der Waals surface area (Å²) in [6.07, 6.45) is 9.45. The zero-order valence-electron chi connectivity index (χ0n) is 14.6. The fraction of sp³-hybridized carbons (Fsp3) is 0.556. The first kappa shape index (κ1) is 16.8. The van der Waals surface area contributed by atoms with E-state index in [0.717, 1.165) is 56.3 Å². The summed E-state index contributed by atoms with van der Waals surface area (Å²) in [7, 11) is 0. The molecule has 2 aromatic rings. The summed E-state index contributed by atoms with van der Waals surface area (Å²) in [6.45, 7) is 1.21. The van der Waals surface area contributed by atoms with E-state index in [-0.39, 0.29) is 17.5 Å². The minimum absolute atomic E-state index is 0.0537. The van der Waals surface area contributed by atoms with Crippen LogP contribution in [0.1, 0.15) is 70.3 Å². The van der Waals surface area contributed by atoms with Gasteiger partial charge in [-0.3, -0.25) is 9.48 Å². The van der Waals surface area contributed by atoms with Gasteiger partial charge >= 0.3 is 5.97 Å². The first-order chi connectivity index (χ1) is 12.6. The number of aryl methyl sites for hydroxylation is 1. The minimum atomic E-state index is -0.976. The molecule has 2 aromatic heterocycles. The molecule has 138 valence electrons. The van der Waals surface area contributed by atoms with Gasteiger partial charge in [0.15, 0.2) is 5.69 Å². The van der Waals surface area contributed by atoms with Crippen molar-refractivity contribution in [2.24, 2.45) is 0 Å². The quantitative estimate of drug-likeness (QED) is 0.845. The third-order valence-electron chi connectivity index (χ3n) is 5.38. The van der Waals surface area contributed by atoms with Crippen LogP contribution in [0.25, 0.3) is 0 Å². The number of aromatic nitrogens is 3. The maximum absolute atomic E-state index is 12.9. The van der Waals surface area contributed by atoms with Crippen molar-refractivity contribution in [1.82, 2.24) is 19.8 Å². The number of hydrogen-bond acceptors (Lipinski definition) is 5. The van der Waals surface area contributed by atoms with Gasteiger partial charge in [-0.05, 0) is 32.1 Å². The second kappa shape index (κ2) is 6.93. The molecule has 0 atom stereocenters. The molecule has 1 amide bonds. The van der Waals surface area contributed by atoms with Crippen LogP contribution in [-0.2, 0) is 12.8 Å². The summed E-state index contributed by atoms with van der Waals surface area (Å²) < 4.78 is 7.13. The van der Waals surface area contributed by atoms with E-state index in [0.29, 0.717) is 18.8 Å². The van der Waals surface area contributed by atoms with Crippen molar-refractivity contribution in [3.05, 3.63) is 35.0 Å². The van der Waals surface area contributed by atoms with Crippen molar-refractivity contribution in [3.63, 3.8) is 0 Å². The van der Waals surface area contributed by atoms with Crippen LogP contribution >= 0.6 is 0 Å². The van der Waals surface area contributed by atoms with Crippen molar-refractivity contribution in [1.29, 1.82) is 0 Å². The lowest BCUT2D eigenvalue weighted by atomic mass is 10.0. The Morgan fingerprint density at radius 3 is 2.65 bits per heavy atom. The highest BCUT2D eigenvalue weighted by Crippen LogP contribution is 2.27. The Bertz CT molecular complexity index is 817. The summed E-state index contributed by atoms with van der Waals surface area (Å²) in [5.74, 6) is -0.156. The zero-order valence-corrected chi connectivity index (χ0v) is 14.6. The highest BCUT2D eigenvalue weighted by Gasteiger charge is 2.30. The number of carboxylic acid groups (broad SMARTS) is 1. The number of piperidine rings is 1. The summed E-state index contributed by atoms with van der Waals surface area (Å²) in [6, 6.07) is 0.113. The number of carboxylic acids is 1. The first-order valence-electron chi connectivity index (χ1n) is 9.17. The molecular weight excluding hydrogens is 336 g/mol. The van der Waals surface area contributed by atoms with Gasteiger partial charge in [0.2, 0.25) is 0 Å². The van der Waals surface area contributed by atoms with Crippen LogP contribution in [0.2, 0.25) is 0 Å². The molecule has 0 bridgehead atoms. The number of hydrogen-bond donors (Lipinski definition) is 1. The molecule has 8 heteroatoms. The first-order valence-corrected chi connectivity index (χ1v) is 9.17. The molecule has 1 saturated heterocycles. The van der Waals surface area contributed by atoms with Crippen molar-refractivity contribution >= 4 is 11.9 Å². The van der Waals surface area contributed by atoms with Crippen molar-refractivity contribution < 1.29 is 19.2 Å². The lowest BCUT2D eigenvalue weighted by Gasteiger charge is -2.31. The maximum Gasteiger partial charge on any atom is 0.338 e. The smallest absolute Gasteiger partial charge is 0.338 e. The van der Waals surface area contributed by atoms with E-state index in [9.17, 15) is 9.59 Å². The molecule has 3 heterocycles. The van der Waals surface area contributed by atoms with Crippen LogP contribution in [0.15, 0.2) is 16.9 Å². The molecule has 26 heavy (non-hydrogen) atoms.